The minimum atomic E-state index is -2.81. The minimum absolute atomic E-state index is 0.0991. The zero-order valence-corrected chi connectivity index (χ0v) is 24.1. The van der Waals surface area contributed by atoms with E-state index in [1.165, 1.54) is 42.2 Å². The second-order valence-electron chi connectivity index (χ2n) is 10.4. The number of benzene rings is 1. The van der Waals surface area contributed by atoms with E-state index in [-0.39, 0.29) is 66.7 Å². The van der Waals surface area contributed by atoms with E-state index in [0.717, 1.165) is 0 Å². The number of carbonyl (C=O) groups is 2. The van der Waals surface area contributed by atoms with Gasteiger partial charge in [0, 0.05) is 50.9 Å². The number of nitrogens with one attached hydrogen (secondary N) is 1. The van der Waals surface area contributed by atoms with Crippen LogP contribution in [0.5, 0.6) is 5.75 Å². The van der Waals surface area contributed by atoms with Crippen molar-refractivity contribution in [2.45, 2.75) is 38.3 Å². The number of anilines is 2. The van der Waals surface area contributed by atoms with Crippen LogP contribution in [0.2, 0.25) is 0 Å². The number of carbonyl (C=O) groups excluding carboxylic acids is 2. The van der Waals surface area contributed by atoms with Gasteiger partial charge in [0.2, 0.25) is 5.91 Å². The molecule has 3 fully saturated rings. The zero-order chi connectivity index (χ0) is 29.6. The minimum Gasteiger partial charge on any atom is -0.483 e. The van der Waals surface area contributed by atoms with Gasteiger partial charge in [-0.2, -0.15) is 9.46 Å². The van der Waals surface area contributed by atoms with E-state index in [1.807, 2.05) is 0 Å². The third-order valence-corrected chi connectivity index (χ3v) is 9.99. The van der Waals surface area contributed by atoms with Gasteiger partial charge in [-0.3, -0.25) is 9.59 Å². The SMILES string of the molecule is CO[C@@H]1CO[C@H]2[C@@H]1OC[C@H]2Oc1cc(F)ccc1Nc1ncnn2cc(C(=O)N=S3(=O)CCN(C(C)=O)CC3)c(C)c12. The van der Waals surface area contributed by atoms with Gasteiger partial charge in [0.25, 0.3) is 5.91 Å². The van der Waals surface area contributed by atoms with Crippen LogP contribution in [0.4, 0.5) is 15.9 Å². The van der Waals surface area contributed by atoms with Crippen molar-refractivity contribution in [3.8, 4) is 5.75 Å². The molecule has 2 amide bonds. The standard InChI is InChI=1S/C27H31FN6O7S/c1-15-18(27(36)32-42(37)8-6-33(7-9-42)16(2)35)11-34-23(15)26(29-14-30-34)31-19-5-4-17(28)10-20(19)41-22-13-40-24-21(38-3)12-39-25(22)24/h4-5,10-11,14,21-22,24-25H,6-9,12-13H2,1-3H3,(H,29,30,31)/t21-,22-,24-,25-/m1/s1. The number of hydrogen-bond acceptors (Lipinski definition) is 10. The summed E-state index contributed by atoms with van der Waals surface area (Å²) in [5.74, 6) is -0.373. The molecule has 0 unspecified atom stereocenters. The van der Waals surface area contributed by atoms with Gasteiger partial charge in [0.05, 0.1) is 34.2 Å². The molecule has 3 aromatic rings. The third-order valence-electron chi connectivity index (χ3n) is 7.85. The number of aromatic nitrogens is 3. The normalized spacial score (nSPS) is 24.9. The molecule has 3 saturated heterocycles. The summed E-state index contributed by atoms with van der Waals surface area (Å²) in [5, 5.41) is 7.42. The van der Waals surface area contributed by atoms with E-state index in [9.17, 15) is 18.2 Å². The maximum absolute atomic E-state index is 14.3. The van der Waals surface area contributed by atoms with Gasteiger partial charge in [0.1, 0.15) is 41.7 Å². The average Bonchev–Trinajstić information content (AvgIpc) is 3.65. The Hall–Kier alpha value is -3.66. The molecule has 13 nitrogen and oxygen atoms in total. The summed E-state index contributed by atoms with van der Waals surface area (Å²) in [6.45, 7) is 4.39. The van der Waals surface area contributed by atoms with E-state index in [1.54, 1.807) is 18.9 Å². The lowest BCUT2D eigenvalue weighted by molar-refractivity contribution is -0.128. The number of hydrogen-bond donors (Lipinski definition) is 1. The van der Waals surface area contributed by atoms with Crippen LogP contribution in [0.15, 0.2) is 35.1 Å². The first kappa shape index (κ1) is 28.5. The van der Waals surface area contributed by atoms with Crippen molar-refractivity contribution < 1.29 is 37.1 Å². The van der Waals surface area contributed by atoms with Gasteiger partial charge in [0.15, 0.2) is 11.9 Å². The number of rotatable bonds is 6. The first-order chi connectivity index (χ1) is 20.2. The van der Waals surface area contributed by atoms with Gasteiger partial charge < -0.3 is 29.2 Å². The van der Waals surface area contributed by atoms with Crippen LogP contribution in [0.25, 0.3) is 5.52 Å². The number of methoxy groups -OCH3 is 1. The van der Waals surface area contributed by atoms with Crippen LogP contribution in [-0.4, -0.2) is 105 Å². The predicted molar refractivity (Wildman–Crippen MR) is 149 cm³/mol. The van der Waals surface area contributed by atoms with Crippen LogP contribution < -0.4 is 10.1 Å². The Kier molecular flexibility index (Phi) is 7.59. The van der Waals surface area contributed by atoms with Crippen molar-refractivity contribution in [2.75, 3.05) is 50.2 Å². The lowest BCUT2D eigenvalue weighted by Gasteiger charge is -2.27. The molecule has 42 heavy (non-hydrogen) atoms. The second kappa shape index (κ2) is 11.2. The number of halogens is 1. The van der Waals surface area contributed by atoms with Crippen LogP contribution >= 0.6 is 0 Å². The summed E-state index contributed by atoms with van der Waals surface area (Å²) in [5.41, 5.74) is 1.67. The summed E-state index contributed by atoms with van der Waals surface area (Å²) in [6, 6.07) is 4.09. The van der Waals surface area contributed by atoms with E-state index in [0.29, 0.717) is 29.2 Å². The first-order valence-corrected chi connectivity index (χ1v) is 15.4. The molecule has 15 heteroatoms. The smallest absolute Gasteiger partial charge is 0.287 e. The molecule has 3 aliphatic heterocycles. The molecule has 0 bridgehead atoms. The monoisotopic (exact) mass is 602 g/mol. The maximum Gasteiger partial charge on any atom is 0.287 e. The molecule has 6 rings (SSSR count). The summed E-state index contributed by atoms with van der Waals surface area (Å²) >= 11 is 0. The topological polar surface area (TPSA) is 146 Å². The Morgan fingerprint density at radius 2 is 1.88 bits per heavy atom. The number of aryl methyl sites for hydroxylation is 1. The van der Waals surface area contributed by atoms with E-state index in [2.05, 4.69) is 19.8 Å². The molecule has 5 heterocycles. The Morgan fingerprint density at radius 1 is 1.17 bits per heavy atom. The summed E-state index contributed by atoms with van der Waals surface area (Å²) in [6.07, 6.45) is 1.52. The van der Waals surface area contributed by atoms with Crippen molar-refractivity contribution >= 4 is 38.6 Å². The summed E-state index contributed by atoms with van der Waals surface area (Å²) in [4.78, 5) is 30.8. The van der Waals surface area contributed by atoms with Crippen LogP contribution in [0.3, 0.4) is 0 Å². The molecule has 2 aromatic heterocycles. The first-order valence-electron chi connectivity index (χ1n) is 13.5. The third kappa shape index (κ3) is 5.32. The second-order valence-corrected chi connectivity index (χ2v) is 13.0. The van der Waals surface area contributed by atoms with Crippen molar-refractivity contribution in [1.82, 2.24) is 19.5 Å². The molecule has 4 atom stereocenters. The molecule has 1 aromatic carbocycles. The molecule has 0 aliphatic carbocycles. The highest BCUT2D eigenvalue weighted by Crippen LogP contribution is 2.36. The van der Waals surface area contributed by atoms with E-state index < -0.39 is 27.6 Å². The summed E-state index contributed by atoms with van der Waals surface area (Å²) < 4.78 is 56.4. The van der Waals surface area contributed by atoms with Crippen molar-refractivity contribution in [3.63, 3.8) is 0 Å². The number of amides is 2. The number of nitrogens with zero attached hydrogens (tertiary/aromatic N) is 5. The van der Waals surface area contributed by atoms with Gasteiger partial charge in [-0.1, -0.05) is 0 Å². The lowest BCUT2D eigenvalue weighted by atomic mass is 10.1. The van der Waals surface area contributed by atoms with E-state index in [4.69, 9.17) is 18.9 Å². The highest BCUT2D eigenvalue weighted by molar-refractivity contribution is 7.94. The van der Waals surface area contributed by atoms with Crippen molar-refractivity contribution in [3.05, 3.63) is 47.7 Å². The molecule has 1 N–H and O–H groups in total. The largest absolute Gasteiger partial charge is 0.483 e. The Bertz CT molecular complexity index is 1660. The zero-order valence-electron chi connectivity index (χ0n) is 23.3. The molecule has 224 valence electrons. The predicted octanol–water partition coefficient (Wildman–Crippen LogP) is 1.95. The highest BCUT2D eigenvalue weighted by Gasteiger charge is 2.49. The fraction of sp³-hybridized carbons (Fsp3) is 0.481. The number of fused-ring (bicyclic) bond motifs is 2. The summed E-state index contributed by atoms with van der Waals surface area (Å²) in [7, 11) is -1.21. The maximum atomic E-state index is 14.3. The molecule has 0 spiro atoms. The van der Waals surface area contributed by atoms with Crippen LogP contribution in [-0.2, 0) is 28.7 Å². The van der Waals surface area contributed by atoms with Crippen molar-refractivity contribution in [1.29, 1.82) is 0 Å². The molecule has 3 aliphatic rings. The van der Waals surface area contributed by atoms with Crippen molar-refractivity contribution in [2.24, 2.45) is 4.36 Å². The lowest BCUT2D eigenvalue weighted by Crippen LogP contribution is -2.42. The Balaban J connectivity index is 1.26. The Labute approximate surface area is 241 Å². The Morgan fingerprint density at radius 3 is 2.60 bits per heavy atom. The van der Waals surface area contributed by atoms with Crippen LogP contribution in [0, 0.1) is 12.7 Å². The highest BCUT2D eigenvalue weighted by atomic mass is 32.2. The van der Waals surface area contributed by atoms with Crippen LogP contribution in [0.1, 0.15) is 22.8 Å². The quantitative estimate of drug-likeness (QED) is 0.444. The van der Waals surface area contributed by atoms with Gasteiger partial charge in [-0.15, -0.1) is 0 Å². The number of ether oxygens (including phenoxy) is 4. The van der Waals surface area contributed by atoms with Gasteiger partial charge in [-0.25, -0.2) is 18.1 Å². The molecule has 0 radical (unpaired) electrons. The fourth-order valence-electron chi connectivity index (χ4n) is 5.51. The molecular weight excluding hydrogens is 571 g/mol. The molecule has 0 saturated carbocycles. The van der Waals surface area contributed by atoms with E-state index >= 15 is 0 Å². The van der Waals surface area contributed by atoms with Gasteiger partial charge in [-0.05, 0) is 24.6 Å². The van der Waals surface area contributed by atoms with Gasteiger partial charge >= 0.3 is 0 Å². The molecular formula is C27H31FN6O7S. The average molecular weight is 603 g/mol. The fourth-order valence-corrected chi connectivity index (χ4v) is 7.31.